The first-order chi connectivity index (χ1) is 13.2. The monoisotopic (exact) mass is 362 g/mol. The Morgan fingerprint density at radius 2 is 2.00 bits per heavy atom. The Balaban J connectivity index is 1.95. The maximum Gasteiger partial charge on any atom is 0.224 e. The molecule has 3 rings (SSSR count). The van der Waals surface area contributed by atoms with Gasteiger partial charge >= 0.3 is 0 Å². The third kappa shape index (κ3) is 4.49. The summed E-state index contributed by atoms with van der Waals surface area (Å²) >= 11 is 0. The standard InChI is InChI=1S/C23H26N2O2/c1-2-27-18-9-7-8-17(16-18)19-10-3-4-11-20(19)21-12-5-6-13-22(21)23(26)25-15-14-24/h3-4,7-11,16,21-22H,2,5-6,12-13,15H2,1H3,(H,25,26). The Bertz CT molecular complexity index is 825. The Morgan fingerprint density at radius 1 is 1.19 bits per heavy atom. The van der Waals surface area contributed by atoms with Gasteiger partial charge in [0, 0.05) is 5.92 Å². The van der Waals surface area contributed by atoms with Crippen LogP contribution in [0.5, 0.6) is 5.75 Å². The number of amides is 1. The quantitative estimate of drug-likeness (QED) is 0.760. The highest BCUT2D eigenvalue weighted by atomic mass is 16.5. The summed E-state index contributed by atoms with van der Waals surface area (Å²) in [5.41, 5.74) is 3.48. The molecule has 0 aromatic heterocycles. The van der Waals surface area contributed by atoms with Crippen molar-refractivity contribution >= 4 is 5.91 Å². The molecule has 1 saturated carbocycles. The van der Waals surface area contributed by atoms with Crippen molar-refractivity contribution in [3.63, 3.8) is 0 Å². The number of nitrogens with one attached hydrogen (secondary N) is 1. The maximum atomic E-state index is 12.6. The number of hydrogen-bond acceptors (Lipinski definition) is 3. The van der Waals surface area contributed by atoms with Crippen LogP contribution in [0.3, 0.4) is 0 Å². The van der Waals surface area contributed by atoms with E-state index in [-0.39, 0.29) is 24.3 Å². The van der Waals surface area contributed by atoms with E-state index in [0.717, 1.165) is 42.6 Å². The van der Waals surface area contributed by atoms with E-state index in [9.17, 15) is 4.79 Å². The van der Waals surface area contributed by atoms with Crippen molar-refractivity contribution in [2.75, 3.05) is 13.2 Å². The van der Waals surface area contributed by atoms with Crippen molar-refractivity contribution in [2.24, 2.45) is 5.92 Å². The third-order valence-electron chi connectivity index (χ3n) is 5.26. The summed E-state index contributed by atoms with van der Waals surface area (Å²) in [6.45, 7) is 2.68. The number of hydrogen-bond donors (Lipinski definition) is 1. The van der Waals surface area contributed by atoms with Gasteiger partial charge in [0.25, 0.3) is 0 Å². The van der Waals surface area contributed by atoms with E-state index in [0.29, 0.717) is 6.61 Å². The second-order valence-corrected chi connectivity index (χ2v) is 6.92. The molecule has 27 heavy (non-hydrogen) atoms. The van der Waals surface area contributed by atoms with Gasteiger partial charge in [0.2, 0.25) is 5.91 Å². The highest BCUT2D eigenvalue weighted by Crippen LogP contribution is 2.42. The van der Waals surface area contributed by atoms with Crippen molar-refractivity contribution in [1.82, 2.24) is 5.32 Å². The summed E-state index contributed by atoms with van der Waals surface area (Å²) in [6, 6.07) is 18.5. The van der Waals surface area contributed by atoms with Crippen molar-refractivity contribution in [1.29, 1.82) is 5.26 Å². The molecule has 4 heteroatoms. The molecule has 0 spiro atoms. The van der Waals surface area contributed by atoms with Gasteiger partial charge in [-0.3, -0.25) is 4.79 Å². The number of nitriles is 1. The molecule has 2 unspecified atom stereocenters. The second kappa shape index (κ2) is 9.23. The van der Waals surface area contributed by atoms with E-state index < -0.39 is 0 Å². The van der Waals surface area contributed by atoms with Crippen molar-refractivity contribution in [2.45, 2.75) is 38.5 Å². The Morgan fingerprint density at radius 3 is 2.81 bits per heavy atom. The minimum atomic E-state index is -0.0803. The minimum Gasteiger partial charge on any atom is -0.494 e. The Labute approximate surface area is 161 Å². The number of nitrogens with zero attached hydrogens (tertiary/aromatic N) is 1. The van der Waals surface area contributed by atoms with Crippen molar-refractivity contribution in [3.8, 4) is 22.9 Å². The lowest BCUT2D eigenvalue weighted by Crippen LogP contribution is -2.36. The first kappa shape index (κ1) is 19.0. The van der Waals surface area contributed by atoms with Gasteiger partial charge in [-0.2, -0.15) is 5.26 Å². The largest absolute Gasteiger partial charge is 0.494 e. The minimum absolute atomic E-state index is 0.000815. The van der Waals surface area contributed by atoms with Gasteiger partial charge < -0.3 is 10.1 Å². The average molecular weight is 362 g/mol. The summed E-state index contributed by atoms with van der Waals surface area (Å²) < 4.78 is 5.66. The van der Waals surface area contributed by atoms with Crippen LogP contribution in [0.15, 0.2) is 48.5 Å². The molecule has 140 valence electrons. The lowest BCUT2D eigenvalue weighted by molar-refractivity contribution is -0.126. The van der Waals surface area contributed by atoms with Gasteiger partial charge in [-0.25, -0.2) is 0 Å². The fraction of sp³-hybridized carbons (Fsp3) is 0.391. The predicted molar refractivity (Wildman–Crippen MR) is 106 cm³/mol. The zero-order chi connectivity index (χ0) is 19.1. The molecule has 2 atom stereocenters. The molecule has 1 aliphatic carbocycles. The molecule has 2 aromatic rings. The molecule has 0 heterocycles. The number of ether oxygens (including phenoxy) is 1. The van der Waals surface area contributed by atoms with E-state index in [2.05, 4.69) is 29.6 Å². The van der Waals surface area contributed by atoms with Gasteiger partial charge in [0.1, 0.15) is 12.3 Å². The van der Waals surface area contributed by atoms with Crippen molar-refractivity contribution < 1.29 is 9.53 Å². The van der Waals surface area contributed by atoms with E-state index in [1.54, 1.807) is 0 Å². The Kier molecular flexibility index (Phi) is 6.49. The van der Waals surface area contributed by atoms with E-state index in [4.69, 9.17) is 10.00 Å². The molecule has 1 amide bonds. The van der Waals surface area contributed by atoms with Crippen LogP contribution in [0.25, 0.3) is 11.1 Å². The average Bonchev–Trinajstić information content (AvgIpc) is 2.72. The summed E-state index contributed by atoms with van der Waals surface area (Å²) in [6.07, 6.45) is 4.05. The molecule has 0 aliphatic heterocycles. The van der Waals surface area contributed by atoms with Crippen LogP contribution in [0, 0.1) is 17.2 Å². The second-order valence-electron chi connectivity index (χ2n) is 6.92. The highest BCUT2D eigenvalue weighted by molar-refractivity contribution is 5.81. The lowest BCUT2D eigenvalue weighted by Gasteiger charge is -2.32. The van der Waals surface area contributed by atoms with Gasteiger partial charge in [-0.15, -0.1) is 0 Å². The molecule has 4 nitrogen and oxygen atoms in total. The summed E-state index contributed by atoms with van der Waals surface area (Å²) in [7, 11) is 0. The maximum absolute atomic E-state index is 12.6. The molecule has 1 N–H and O–H groups in total. The Hall–Kier alpha value is -2.80. The topological polar surface area (TPSA) is 62.1 Å². The van der Waals surface area contributed by atoms with E-state index >= 15 is 0 Å². The molecule has 0 bridgehead atoms. The predicted octanol–water partition coefficient (Wildman–Crippen LogP) is 4.67. The number of benzene rings is 2. The van der Waals surface area contributed by atoms with Crippen LogP contribution < -0.4 is 10.1 Å². The highest BCUT2D eigenvalue weighted by Gasteiger charge is 2.33. The molecular weight excluding hydrogens is 336 g/mol. The van der Waals surface area contributed by atoms with Crippen LogP contribution >= 0.6 is 0 Å². The fourth-order valence-corrected chi connectivity index (χ4v) is 4.08. The molecular formula is C23H26N2O2. The molecule has 1 fully saturated rings. The smallest absolute Gasteiger partial charge is 0.224 e. The molecule has 0 radical (unpaired) electrons. The normalized spacial score (nSPS) is 19.1. The van der Waals surface area contributed by atoms with E-state index in [1.165, 1.54) is 5.56 Å². The van der Waals surface area contributed by atoms with Crippen LogP contribution in [0.2, 0.25) is 0 Å². The van der Waals surface area contributed by atoms with Gasteiger partial charge in [0.15, 0.2) is 0 Å². The van der Waals surface area contributed by atoms with Crippen LogP contribution in [0.1, 0.15) is 44.1 Å². The zero-order valence-corrected chi connectivity index (χ0v) is 15.8. The van der Waals surface area contributed by atoms with Crippen LogP contribution in [0.4, 0.5) is 0 Å². The third-order valence-corrected chi connectivity index (χ3v) is 5.26. The van der Waals surface area contributed by atoms with Gasteiger partial charge in [-0.05, 0) is 54.5 Å². The van der Waals surface area contributed by atoms with Crippen LogP contribution in [-0.2, 0) is 4.79 Å². The van der Waals surface area contributed by atoms with Gasteiger partial charge in [0.05, 0.1) is 12.7 Å². The zero-order valence-electron chi connectivity index (χ0n) is 15.8. The first-order valence-electron chi connectivity index (χ1n) is 9.71. The fourth-order valence-electron chi connectivity index (χ4n) is 4.08. The summed E-state index contributed by atoms with van der Waals surface area (Å²) in [5, 5.41) is 11.5. The van der Waals surface area contributed by atoms with Gasteiger partial charge in [-0.1, -0.05) is 49.2 Å². The summed E-state index contributed by atoms with van der Waals surface area (Å²) in [4.78, 5) is 12.6. The van der Waals surface area contributed by atoms with Crippen LogP contribution in [-0.4, -0.2) is 19.1 Å². The molecule has 2 aromatic carbocycles. The SMILES string of the molecule is CCOc1cccc(-c2ccccc2C2CCCCC2C(=O)NCC#N)c1. The van der Waals surface area contributed by atoms with E-state index in [1.807, 2.05) is 37.3 Å². The van der Waals surface area contributed by atoms with Crippen molar-refractivity contribution in [3.05, 3.63) is 54.1 Å². The number of carbonyl (C=O) groups excluding carboxylic acids is 1. The molecule has 0 saturated heterocycles. The number of rotatable bonds is 6. The first-order valence-corrected chi connectivity index (χ1v) is 9.71. The number of carbonyl (C=O) groups is 1. The summed E-state index contributed by atoms with van der Waals surface area (Å²) in [5.74, 6) is 0.948. The molecule has 1 aliphatic rings. The lowest BCUT2D eigenvalue weighted by atomic mass is 9.73.